The summed E-state index contributed by atoms with van der Waals surface area (Å²) in [6.45, 7) is 5.78. The third kappa shape index (κ3) is 1.83. The topological polar surface area (TPSA) is 47.9 Å². The summed E-state index contributed by atoms with van der Waals surface area (Å²) in [6, 6.07) is 3.94. The number of rotatable bonds is 2. The van der Waals surface area contributed by atoms with Gasteiger partial charge in [-0.25, -0.2) is 4.79 Å². The van der Waals surface area contributed by atoms with Crippen molar-refractivity contribution in [3.05, 3.63) is 23.3 Å². The number of ether oxygens (including phenoxy) is 2. The van der Waals surface area contributed by atoms with Gasteiger partial charge in [-0.2, -0.15) is 4.99 Å². The van der Waals surface area contributed by atoms with Gasteiger partial charge in [0.25, 0.3) is 0 Å². The van der Waals surface area contributed by atoms with Crippen LogP contribution in [0.1, 0.15) is 44.2 Å². The van der Waals surface area contributed by atoms with E-state index in [4.69, 9.17) is 9.47 Å². The van der Waals surface area contributed by atoms with Gasteiger partial charge in [0, 0.05) is 13.8 Å². The van der Waals surface area contributed by atoms with E-state index in [2.05, 4.69) is 4.99 Å². The summed E-state index contributed by atoms with van der Waals surface area (Å²) in [5.74, 6) is 0.863. The van der Waals surface area contributed by atoms with Crippen LogP contribution in [0.25, 0.3) is 0 Å². The molecule has 1 aromatic carbocycles. The molecule has 1 aromatic rings. The summed E-state index contributed by atoms with van der Waals surface area (Å²) in [5.41, 5.74) is 1.75. The summed E-state index contributed by atoms with van der Waals surface area (Å²) in [5, 5.41) is 0. The van der Waals surface area contributed by atoms with Crippen molar-refractivity contribution in [2.24, 2.45) is 4.99 Å². The second-order valence-corrected chi connectivity index (χ2v) is 5.81. The molecule has 19 heavy (non-hydrogen) atoms. The summed E-state index contributed by atoms with van der Waals surface area (Å²) in [4.78, 5) is 14.7. The minimum Gasteiger partial charge on any atom is -0.449 e. The van der Waals surface area contributed by atoms with Gasteiger partial charge in [0.1, 0.15) is 0 Å². The average molecular weight is 259 g/mol. The highest BCUT2D eigenvalue weighted by Gasteiger charge is 2.42. The lowest BCUT2D eigenvalue weighted by Crippen LogP contribution is -2.32. The van der Waals surface area contributed by atoms with Gasteiger partial charge in [-0.3, -0.25) is 0 Å². The Morgan fingerprint density at radius 1 is 1.21 bits per heavy atom. The van der Waals surface area contributed by atoms with Gasteiger partial charge >= 0.3 is 0 Å². The summed E-state index contributed by atoms with van der Waals surface area (Å²) >= 11 is 0. The molecule has 2 aliphatic rings. The fourth-order valence-electron chi connectivity index (χ4n) is 2.91. The van der Waals surface area contributed by atoms with Crippen LogP contribution >= 0.6 is 0 Å². The second kappa shape index (κ2) is 3.84. The van der Waals surface area contributed by atoms with E-state index >= 15 is 0 Å². The maximum atomic E-state index is 10.7. The number of aliphatic imine (C=N–C) groups is 1. The van der Waals surface area contributed by atoms with E-state index in [9.17, 15) is 4.79 Å². The predicted molar refractivity (Wildman–Crippen MR) is 70.2 cm³/mol. The number of carbonyl (C=O) groups excluding carboxylic acids is 1. The van der Waals surface area contributed by atoms with Crippen LogP contribution in [0.3, 0.4) is 0 Å². The predicted octanol–water partition coefficient (Wildman–Crippen LogP) is 3.22. The SMILES string of the molecule is Cc1cc2c(cc1C1(N=C=O)CCC1)OC(C)(C)O2. The number of hydrogen-bond donors (Lipinski definition) is 0. The molecule has 0 saturated heterocycles. The quantitative estimate of drug-likeness (QED) is 0.605. The fraction of sp³-hybridized carbons (Fsp3) is 0.533. The van der Waals surface area contributed by atoms with Crippen LogP contribution < -0.4 is 9.47 Å². The van der Waals surface area contributed by atoms with E-state index in [1.807, 2.05) is 32.9 Å². The van der Waals surface area contributed by atoms with E-state index in [-0.39, 0.29) is 0 Å². The highest BCUT2D eigenvalue weighted by molar-refractivity contribution is 5.53. The van der Waals surface area contributed by atoms with Crippen molar-refractivity contribution < 1.29 is 14.3 Å². The van der Waals surface area contributed by atoms with Crippen LogP contribution in [0.15, 0.2) is 17.1 Å². The maximum absolute atomic E-state index is 10.7. The van der Waals surface area contributed by atoms with Crippen molar-refractivity contribution in [1.29, 1.82) is 0 Å². The van der Waals surface area contributed by atoms with Gasteiger partial charge in [-0.15, -0.1) is 0 Å². The molecule has 1 aliphatic carbocycles. The normalized spacial score (nSPS) is 21.4. The molecule has 1 saturated carbocycles. The molecule has 0 radical (unpaired) electrons. The van der Waals surface area contributed by atoms with E-state index in [1.54, 1.807) is 6.08 Å². The first kappa shape index (κ1) is 12.2. The van der Waals surface area contributed by atoms with Crippen LogP contribution in [0.4, 0.5) is 0 Å². The van der Waals surface area contributed by atoms with Crippen molar-refractivity contribution >= 4 is 6.08 Å². The molecule has 0 unspecified atom stereocenters. The first-order valence-electron chi connectivity index (χ1n) is 6.58. The molecule has 4 nitrogen and oxygen atoms in total. The van der Waals surface area contributed by atoms with Crippen molar-refractivity contribution in [3.63, 3.8) is 0 Å². The lowest BCUT2D eigenvalue weighted by atomic mass is 9.71. The molecule has 0 aromatic heterocycles. The molecule has 4 heteroatoms. The first-order valence-corrected chi connectivity index (χ1v) is 6.58. The Morgan fingerprint density at radius 2 is 1.84 bits per heavy atom. The largest absolute Gasteiger partial charge is 0.449 e. The van der Waals surface area contributed by atoms with Crippen LogP contribution in [0, 0.1) is 6.92 Å². The lowest BCUT2D eigenvalue weighted by molar-refractivity contribution is -0.0432. The molecule has 0 N–H and O–H groups in total. The highest BCUT2D eigenvalue weighted by Crippen LogP contribution is 2.50. The highest BCUT2D eigenvalue weighted by atomic mass is 16.7. The zero-order valence-corrected chi connectivity index (χ0v) is 11.4. The maximum Gasteiger partial charge on any atom is 0.246 e. The van der Waals surface area contributed by atoms with Gasteiger partial charge in [-0.1, -0.05) is 0 Å². The van der Waals surface area contributed by atoms with Crippen LogP contribution in [0.5, 0.6) is 11.5 Å². The molecule has 0 atom stereocenters. The lowest BCUT2D eigenvalue weighted by Gasteiger charge is -2.38. The summed E-state index contributed by atoms with van der Waals surface area (Å²) in [7, 11) is 0. The molecule has 1 fully saturated rings. The molecular formula is C15H17NO3. The number of aryl methyl sites for hydroxylation is 1. The number of benzene rings is 1. The van der Waals surface area contributed by atoms with Gasteiger partial charge in [0.05, 0.1) is 5.54 Å². The second-order valence-electron chi connectivity index (χ2n) is 5.81. The number of isocyanates is 1. The zero-order valence-electron chi connectivity index (χ0n) is 11.4. The molecule has 1 aliphatic heterocycles. The summed E-state index contributed by atoms with van der Waals surface area (Å²) in [6.07, 6.45) is 4.60. The van der Waals surface area contributed by atoms with Crippen LogP contribution in [-0.4, -0.2) is 11.9 Å². The first-order chi connectivity index (χ1) is 8.96. The number of nitrogens with zero attached hydrogens (tertiary/aromatic N) is 1. The molecule has 3 rings (SSSR count). The average Bonchev–Trinajstić information content (AvgIpc) is 2.56. The third-order valence-corrected chi connectivity index (χ3v) is 3.94. The Kier molecular flexibility index (Phi) is 2.48. The van der Waals surface area contributed by atoms with E-state index in [0.29, 0.717) is 0 Å². The minimum atomic E-state index is -0.631. The van der Waals surface area contributed by atoms with Crippen molar-refractivity contribution in [2.45, 2.75) is 51.4 Å². The Morgan fingerprint density at radius 3 is 2.37 bits per heavy atom. The van der Waals surface area contributed by atoms with E-state index in [0.717, 1.165) is 41.9 Å². The standard InChI is InChI=1S/C15H17NO3/c1-10-7-12-13(19-14(2,3)18-12)8-11(10)15(16-9-17)5-4-6-15/h7-8H,4-6H2,1-3H3. The molecular weight excluding hydrogens is 242 g/mol. The van der Waals surface area contributed by atoms with Crippen molar-refractivity contribution in [3.8, 4) is 11.5 Å². The zero-order chi connectivity index (χ0) is 13.7. The van der Waals surface area contributed by atoms with E-state index < -0.39 is 11.3 Å². The van der Waals surface area contributed by atoms with Crippen LogP contribution in [0.2, 0.25) is 0 Å². The van der Waals surface area contributed by atoms with Crippen molar-refractivity contribution in [1.82, 2.24) is 0 Å². The Hall–Kier alpha value is -1.80. The molecule has 1 heterocycles. The molecule has 0 spiro atoms. The third-order valence-electron chi connectivity index (χ3n) is 3.94. The smallest absolute Gasteiger partial charge is 0.246 e. The molecule has 0 amide bonds. The summed E-state index contributed by atoms with van der Waals surface area (Å²) < 4.78 is 11.5. The Balaban J connectivity index is 2.08. The van der Waals surface area contributed by atoms with E-state index in [1.165, 1.54) is 0 Å². The molecule has 0 bridgehead atoms. The van der Waals surface area contributed by atoms with Gasteiger partial charge in [-0.05, 0) is 49.4 Å². The minimum absolute atomic E-state index is 0.392. The number of fused-ring (bicyclic) bond motifs is 1. The number of hydrogen-bond acceptors (Lipinski definition) is 4. The fourth-order valence-corrected chi connectivity index (χ4v) is 2.91. The van der Waals surface area contributed by atoms with Crippen molar-refractivity contribution in [2.75, 3.05) is 0 Å². The Bertz CT molecular complexity index is 581. The Labute approximate surface area is 112 Å². The van der Waals surface area contributed by atoms with Gasteiger partial charge in [0.15, 0.2) is 11.5 Å². The van der Waals surface area contributed by atoms with Gasteiger partial charge < -0.3 is 9.47 Å². The molecule has 100 valence electrons. The van der Waals surface area contributed by atoms with Crippen LogP contribution in [-0.2, 0) is 10.3 Å². The monoisotopic (exact) mass is 259 g/mol. The van der Waals surface area contributed by atoms with Gasteiger partial charge in [0.2, 0.25) is 11.9 Å².